The van der Waals surface area contributed by atoms with Crippen molar-refractivity contribution in [1.29, 1.82) is 0 Å². The third-order valence-corrected chi connectivity index (χ3v) is 3.67. The molecule has 24 heavy (non-hydrogen) atoms. The van der Waals surface area contributed by atoms with Gasteiger partial charge in [-0.2, -0.15) is 5.10 Å². The number of furan rings is 1. The fourth-order valence-electron chi connectivity index (χ4n) is 2.50. The Kier molecular flexibility index (Phi) is 4.61. The number of hydrogen-bond acceptors (Lipinski definition) is 5. The number of rotatable bonds is 6. The first-order valence-electron chi connectivity index (χ1n) is 7.81. The van der Waals surface area contributed by atoms with Crippen molar-refractivity contribution in [3.05, 3.63) is 36.2 Å². The van der Waals surface area contributed by atoms with E-state index in [1.165, 1.54) is 0 Å². The number of fused-ring (bicyclic) bond motifs is 1. The average molecular weight is 328 g/mol. The van der Waals surface area contributed by atoms with Gasteiger partial charge in [0.05, 0.1) is 30.0 Å². The molecule has 7 nitrogen and oxygen atoms in total. The van der Waals surface area contributed by atoms with E-state index < -0.39 is 0 Å². The molecule has 3 rings (SSSR count). The normalized spacial score (nSPS) is 11.3. The topological polar surface area (TPSA) is 82.2 Å². The second-order valence-electron chi connectivity index (χ2n) is 5.70. The van der Waals surface area contributed by atoms with E-state index in [0.717, 1.165) is 0 Å². The van der Waals surface area contributed by atoms with Crippen LogP contribution in [0, 0.1) is 0 Å². The molecule has 0 saturated carbocycles. The third-order valence-electron chi connectivity index (χ3n) is 3.67. The van der Waals surface area contributed by atoms with Crippen LogP contribution in [0.4, 0.5) is 0 Å². The van der Waals surface area contributed by atoms with E-state index in [2.05, 4.69) is 15.4 Å². The lowest BCUT2D eigenvalue weighted by Crippen LogP contribution is -2.27. The van der Waals surface area contributed by atoms with Crippen molar-refractivity contribution >= 4 is 16.9 Å². The van der Waals surface area contributed by atoms with E-state index in [1.807, 2.05) is 19.9 Å². The van der Waals surface area contributed by atoms with Crippen LogP contribution in [0.15, 0.2) is 35.1 Å². The summed E-state index contributed by atoms with van der Waals surface area (Å²) in [6.07, 6.45) is 3.26. The third kappa shape index (κ3) is 3.03. The summed E-state index contributed by atoms with van der Waals surface area (Å²) >= 11 is 0. The largest absolute Gasteiger partial charge is 0.463 e. The number of pyridine rings is 1. The first-order chi connectivity index (χ1) is 11.6. The lowest BCUT2D eigenvalue weighted by atomic mass is 10.1. The molecule has 3 aromatic rings. The molecule has 0 aliphatic rings. The summed E-state index contributed by atoms with van der Waals surface area (Å²) in [7, 11) is 1.60. The van der Waals surface area contributed by atoms with Crippen LogP contribution in [0.2, 0.25) is 0 Å². The van der Waals surface area contributed by atoms with Crippen LogP contribution in [0.5, 0.6) is 0 Å². The van der Waals surface area contributed by atoms with Gasteiger partial charge in [0.25, 0.3) is 5.91 Å². The minimum Gasteiger partial charge on any atom is -0.463 e. The molecule has 0 aliphatic carbocycles. The van der Waals surface area contributed by atoms with Gasteiger partial charge in [0.1, 0.15) is 5.69 Å². The zero-order valence-corrected chi connectivity index (χ0v) is 13.9. The van der Waals surface area contributed by atoms with Gasteiger partial charge in [-0.1, -0.05) is 0 Å². The predicted molar refractivity (Wildman–Crippen MR) is 89.8 cm³/mol. The fourth-order valence-corrected chi connectivity index (χ4v) is 2.50. The van der Waals surface area contributed by atoms with Gasteiger partial charge in [-0.15, -0.1) is 0 Å². The zero-order chi connectivity index (χ0) is 17.1. The molecule has 0 atom stereocenters. The van der Waals surface area contributed by atoms with Crippen LogP contribution in [0.25, 0.3) is 22.5 Å². The maximum Gasteiger partial charge on any atom is 0.252 e. The second kappa shape index (κ2) is 6.84. The Labute approximate surface area is 139 Å². The zero-order valence-electron chi connectivity index (χ0n) is 13.9. The molecule has 0 bridgehead atoms. The number of nitrogens with one attached hydrogen (secondary N) is 1. The lowest BCUT2D eigenvalue weighted by molar-refractivity contribution is 0.0938. The summed E-state index contributed by atoms with van der Waals surface area (Å²) in [4.78, 5) is 17.2. The van der Waals surface area contributed by atoms with Crippen molar-refractivity contribution in [3.63, 3.8) is 0 Å². The highest BCUT2D eigenvalue weighted by Gasteiger charge is 2.19. The fraction of sp³-hybridized carbons (Fsp3) is 0.353. The Morgan fingerprint density at radius 3 is 2.96 bits per heavy atom. The molecule has 0 aromatic carbocycles. The number of aromatic nitrogens is 3. The van der Waals surface area contributed by atoms with Gasteiger partial charge in [-0.05, 0) is 32.0 Å². The highest BCUT2D eigenvalue weighted by atomic mass is 16.5. The molecule has 0 aliphatic heterocycles. The standard InChI is InChI=1S/C17H20N4O3/c1-11(2)21-16-13(10-19-21)12(17(22)18-6-8-23-3)9-14(20-16)15-5-4-7-24-15/h4-5,7,9-11H,6,8H2,1-3H3,(H,18,22). The van der Waals surface area contributed by atoms with Crippen molar-refractivity contribution in [2.75, 3.05) is 20.3 Å². The van der Waals surface area contributed by atoms with E-state index in [4.69, 9.17) is 9.15 Å². The minimum absolute atomic E-state index is 0.131. The summed E-state index contributed by atoms with van der Waals surface area (Å²) in [5, 5.41) is 7.94. The van der Waals surface area contributed by atoms with E-state index in [9.17, 15) is 4.79 Å². The SMILES string of the molecule is COCCNC(=O)c1cc(-c2ccco2)nc2c1cnn2C(C)C. The molecule has 0 radical (unpaired) electrons. The van der Waals surface area contributed by atoms with Crippen LogP contribution >= 0.6 is 0 Å². The van der Waals surface area contributed by atoms with Crippen LogP contribution in [0.3, 0.4) is 0 Å². The maximum atomic E-state index is 12.6. The second-order valence-corrected chi connectivity index (χ2v) is 5.70. The van der Waals surface area contributed by atoms with Crippen LogP contribution in [0.1, 0.15) is 30.2 Å². The van der Waals surface area contributed by atoms with Gasteiger partial charge in [-0.25, -0.2) is 9.67 Å². The Bertz CT molecular complexity index is 837. The van der Waals surface area contributed by atoms with Gasteiger partial charge in [0.15, 0.2) is 11.4 Å². The molecule has 7 heteroatoms. The molecule has 3 heterocycles. The number of hydrogen-bond donors (Lipinski definition) is 1. The quantitative estimate of drug-likeness (QED) is 0.703. The predicted octanol–water partition coefficient (Wildman–Crippen LogP) is 2.65. The number of carbonyl (C=O) groups excluding carboxylic acids is 1. The van der Waals surface area contributed by atoms with Crippen molar-refractivity contribution in [2.45, 2.75) is 19.9 Å². The molecule has 0 spiro atoms. The Balaban J connectivity index is 2.10. The Hall–Kier alpha value is -2.67. The van der Waals surface area contributed by atoms with Gasteiger partial charge in [0.2, 0.25) is 0 Å². The highest BCUT2D eigenvalue weighted by molar-refractivity contribution is 6.06. The van der Waals surface area contributed by atoms with Gasteiger partial charge < -0.3 is 14.5 Å². The summed E-state index contributed by atoms with van der Waals surface area (Å²) in [5.41, 5.74) is 1.79. The first kappa shape index (κ1) is 16.2. The lowest BCUT2D eigenvalue weighted by Gasteiger charge is -2.10. The van der Waals surface area contributed by atoms with E-state index in [0.29, 0.717) is 41.2 Å². The molecular weight excluding hydrogens is 308 g/mol. The number of amides is 1. The molecule has 3 aromatic heterocycles. The van der Waals surface area contributed by atoms with E-state index in [1.54, 1.807) is 36.4 Å². The summed E-state index contributed by atoms with van der Waals surface area (Å²) in [6.45, 7) is 4.93. The summed E-state index contributed by atoms with van der Waals surface area (Å²) in [5.74, 6) is 0.426. The van der Waals surface area contributed by atoms with Crippen LogP contribution in [-0.4, -0.2) is 40.9 Å². The molecule has 126 valence electrons. The smallest absolute Gasteiger partial charge is 0.252 e. The van der Waals surface area contributed by atoms with Gasteiger partial charge >= 0.3 is 0 Å². The van der Waals surface area contributed by atoms with Gasteiger partial charge in [0, 0.05) is 19.7 Å². The average Bonchev–Trinajstić information content (AvgIpc) is 3.23. The molecule has 0 saturated heterocycles. The van der Waals surface area contributed by atoms with Crippen molar-refractivity contribution < 1.29 is 13.9 Å². The molecule has 1 amide bonds. The van der Waals surface area contributed by atoms with Crippen molar-refractivity contribution in [2.24, 2.45) is 0 Å². The molecule has 1 N–H and O–H groups in total. The Morgan fingerprint density at radius 2 is 2.29 bits per heavy atom. The van der Waals surface area contributed by atoms with Crippen LogP contribution in [-0.2, 0) is 4.74 Å². The molecule has 0 unspecified atom stereocenters. The Morgan fingerprint density at radius 1 is 1.46 bits per heavy atom. The summed E-state index contributed by atoms with van der Waals surface area (Å²) < 4.78 is 12.2. The molecular formula is C17H20N4O3. The number of ether oxygens (including phenoxy) is 1. The van der Waals surface area contributed by atoms with Gasteiger partial charge in [-0.3, -0.25) is 4.79 Å². The number of methoxy groups -OCH3 is 1. The van der Waals surface area contributed by atoms with E-state index >= 15 is 0 Å². The van der Waals surface area contributed by atoms with Crippen molar-refractivity contribution in [3.8, 4) is 11.5 Å². The van der Waals surface area contributed by atoms with Crippen molar-refractivity contribution in [1.82, 2.24) is 20.1 Å². The first-order valence-corrected chi connectivity index (χ1v) is 7.81. The maximum absolute atomic E-state index is 12.6. The molecule has 0 fully saturated rings. The van der Waals surface area contributed by atoms with Crippen LogP contribution < -0.4 is 5.32 Å². The number of nitrogens with zero attached hydrogens (tertiary/aromatic N) is 3. The monoisotopic (exact) mass is 328 g/mol. The van der Waals surface area contributed by atoms with E-state index in [-0.39, 0.29) is 11.9 Å². The minimum atomic E-state index is -0.185. The highest BCUT2D eigenvalue weighted by Crippen LogP contribution is 2.26. The summed E-state index contributed by atoms with van der Waals surface area (Å²) in [6, 6.07) is 5.47. The number of carbonyl (C=O) groups is 1.